The van der Waals surface area contributed by atoms with Crippen LogP contribution in [0.25, 0.3) is 11.3 Å². The minimum Gasteiger partial charge on any atom is -0.497 e. The highest BCUT2D eigenvalue weighted by Crippen LogP contribution is 2.33. The Hall–Kier alpha value is -3.35. The van der Waals surface area contributed by atoms with Gasteiger partial charge in [0.1, 0.15) is 17.3 Å². The van der Waals surface area contributed by atoms with Crippen LogP contribution in [-0.2, 0) is 13.1 Å². The van der Waals surface area contributed by atoms with Crippen LogP contribution in [0.2, 0.25) is 0 Å². The number of aryl methyl sites for hydroxylation is 1. The van der Waals surface area contributed by atoms with E-state index in [2.05, 4.69) is 28.9 Å². The first-order valence-corrected chi connectivity index (χ1v) is 11.9. The second-order valence-electron chi connectivity index (χ2n) is 8.41. The van der Waals surface area contributed by atoms with E-state index < -0.39 is 4.92 Å². The van der Waals surface area contributed by atoms with Gasteiger partial charge in [-0.2, -0.15) is 14.9 Å². The van der Waals surface area contributed by atoms with E-state index in [1.165, 1.54) is 13.2 Å². The molecule has 11 nitrogen and oxygen atoms in total. The molecule has 186 valence electrons. The molecule has 0 radical (unpaired) electrons. The number of piperazine rings is 1. The maximum Gasteiger partial charge on any atom is 0.284 e. The Balaban J connectivity index is 1.57. The second-order valence-corrected chi connectivity index (χ2v) is 8.77. The van der Waals surface area contributed by atoms with Gasteiger partial charge in [0, 0.05) is 32.6 Å². The molecule has 1 saturated heterocycles. The van der Waals surface area contributed by atoms with E-state index in [0.717, 1.165) is 44.8 Å². The van der Waals surface area contributed by atoms with Crippen molar-refractivity contribution in [3.8, 4) is 17.1 Å². The average molecular weight is 500 g/mol. The van der Waals surface area contributed by atoms with Crippen LogP contribution in [-0.4, -0.2) is 75.7 Å². The predicted octanol–water partition coefficient (Wildman–Crippen LogP) is 3.63. The second kappa shape index (κ2) is 10.9. The van der Waals surface area contributed by atoms with Crippen molar-refractivity contribution in [2.45, 2.75) is 26.4 Å². The van der Waals surface area contributed by atoms with Gasteiger partial charge in [0.25, 0.3) is 5.69 Å². The van der Waals surface area contributed by atoms with Crippen LogP contribution in [0.4, 0.5) is 5.69 Å². The third-order valence-electron chi connectivity index (χ3n) is 5.88. The number of ether oxygens (including phenoxy) is 1. The lowest BCUT2D eigenvalue weighted by Crippen LogP contribution is -2.45. The maximum atomic E-state index is 11.5. The van der Waals surface area contributed by atoms with E-state index in [1.807, 2.05) is 4.68 Å². The first-order valence-electron chi connectivity index (χ1n) is 11.5. The maximum absolute atomic E-state index is 11.5. The van der Waals surface area contributed by atoms with Gasteiger partial charge < -0.3 is 14.1 Å². The molecule has 12 heteroatoms. The van der Waals surface area contributed by atoms with E-state index in [9.17, 15) is 10.1 Å². The number of nitro benzene ring substituents is 1. The van der Waals surface area contributed by atoms with Crippen molar-refractivity contribution in [1.29, 1.82) is 0 Å². The van der Waals surface area contributed by atoms with E-state index in [0.29, 0.717) is 34.3 Å². The molecule has 4 rings (SSSR count). The van der Waals surface area contributed by atoms with Gasteiger partial charge in [0.15, 0.2) is 5.82 Å². The summed E-state index contributed by atoms with van der Waals surface area (Å²) in [5.41, 5.74) is 0.263. The Bertz CT molecular complexity index is 1270. The van der Waals surface area contributed by atoms with Crippen molar-refractivity contribution in [1.82, 2.24) is 24.3 Å². The molecule has 3 aromatic rings. The zero-order valence-electron chi connectivity index (χ0n) is 20.1. The molecular formula is C23H29N7O4S. The Labute approximate surface area is 208 Å². The van der Waals surface area contributed by atoms with Crippen LogP contribution in [0.5, 0.6) is 5.75 Å². The van der Waals surface area contributed by atoms with Gasteiger partial charge in [-0.25, -0.2) is 4.68 Å². The van der Waals surface area contributed by atoms with Gasteiger partial charge in [0.2, 0.25) is 4.77 Å². The SMILES string of the molecule is CCCc1nn(CN2CCN(C)CC2)c(=S)n1/N=C/c1ccc(-c2ccc(OC)cc2[N+](=O)[O-])o1. The summed E-state index contributed by atoms with van der Waals surface area (Å²) in [6.07, 6.45) is 3.19. The minimum atomic E-state index is -0.459. The molecule has 0 atom stereocenters. The van der Waals surface area contributed by atoms with Crippen LogP contribution in [0.3, 0.4) is 0 Å². The standard InChI is InChI=1S/C23H29N7O4S/c1-4-5-22-25-28(16-27-12-10-26(2)11-13-27)23(35)29(22)24-15-18-7-9-21(34-18)19-8-6-17(33-3)14-20(19)30(31)32/h6-9,14-15H,4-5,10-13,16H2,1-3H3/b24-15+. The van der Waals surface area contributed by atoms with Crippen LogP contribution in [0, 0.1) is 14.9 Å². The van der Waals surface area contributed by atoms with Crippen molar-refractivity contribution in [3.05, 3.63) is 56.8 Å². The van der Waals surface area contributed by atoms with Crippen molar-refractivity contribution in [2.75, 3.05) is 40.3 Å². The zero-order valence-corrected chi connectivity index (χ0v) is 20.9. The molecule has 1 aliphatic heterocycles. The third kappa shape index (κ3) is 5.66. The molecule has 0 unspecified atom stereocenters. The summed E-state index contributed by atoms with van der Waals surface area (Å²) < 4.78 is 14.9. The van der Waals surface area contributed by atoms with E-state index in [-0.39, 0.29) is 5.69 Å². The molecular weight excluding hydrogens is 470 g/mol. The van der Waals surface area contributed by atoms with Crippen molar-refractivity contribution < 1.29 is 14.1 Å². The monoisotopic (exact) mass is 499 g/mol. The lowest BCUT2D eigenvalue weighted by atomic mass is 10.1. The lowest BCUT2D eigenvalue weighted by Gasteiger charge is -2.31. The summed E-state index contributed by atoms with van der Waals surface area (Å²) in [7, 11) is 3.59. The topological polar surface area (TPSA) is 107 Å². The van der Waals surface area contributed by atoms with Crippen molar-refractivity contribution >= 4 is 24.1 Å². The van der Waals surface area contributed by atoms with Gasteiger partial charge in [-0.1, -0.05) is 6.92 Å². The predicted molar refractivity (Wildman–Crippen MR) is 134 cm³/mol. The number of nitro groups is 1. The fourth-order valence-electron chi connectivity index (χ4n) is 3.89. The summed E-state index contributed by atoms with van der Waals surface area (Å²) in [6, 6.07) is 8.03. The molecule has 0 bridgehead atoms. The van der Waals surface area contributed by atoms with Gasteiger partial charge in [-0.15, -0.1) is 0 Å². The molecule has 0 amide bonds. The van der Waals surface area contributed by atoms with E-state index >= 15 is 0 Å². The Morgan fingerprint density at radius 1 is 1.26 bits per heavy atom. The summed E-state index contributed by atoms with van der Waals surface area (Å²) in [5, 5.41) is 20.8. The highest BCUT2D eigenvalue weighted by atomic mass is 32.1. The third-order valence-corrected chi connectivity index (χ3v) is 6.26. The Kier molecular flexibility index (Phi) is 7.73. The molecule has 3 heterocycles. The first-order chi connectivity index (χ1) is 16.9. The van der Waals surface area contributed by atoms with Gasteiger partial charge in [-0.3, -0.25) is 15.0 Å². The number of likely N-dealkylation sites (N-methyl/N-ethyl adjacent to an activating group) is 1. The van der Waals surface area contributed by atoms with Crippen LogP contribution >= 0.6 is 12.2 Å². The van der Waals surface area contributed by atoms with Crippen LogP contribution in [0.15, 0.2) is 39.9 Å². The molecule has 1 aromatic carbocycles. The summed E-state index contributed by atoms with van der Waals surface area (Å²) >= 11 is 5.68. The Morgan fingerprint density at radius 3 is 2.71 bits per heavy atom. The molecule has 2 aromatic heterocycles. The van der Waals surface area contributed by atoms with Gasteiger partial charge in [0.05, 0.1) is 36.5 Å². The average Bonchev–Trinajstić information content (AvgIpc) is 3.43. The number of nitrogens with zero attached hydrogens (tertiary/aromatic N) is 7. The number of methoxy groups -OCH3 is 1. The quantitative estimate of drug-likeness (QED) is 0.190. The highest BCUT2D eigenvalue weighted by Gasteiger charge is 2.20. The first kappa shape index (κ1) is 24.8. The van der Waals surface area contributed by atoms with E-state index in [4.69, 9.17) is 26.5 Å². The number of aromatic nitrogens is 3. The number of furan rings is 1. The molecule has 0 N–H and O–H groups in total. The summed E-state index contributed by atoms with van der Waals surface area (Å²) in [6.45, 7) is 6.66. The largest absolute Gasteiger partial charge is 0.497 e. The van der Waals surface area contributed by atoms with Crippen molar-refractivity contribution in [2.24, 2.45) is 5.10 Å². The van der Waals surface area contributed by atoms with Crippen molar-refractivity contribution in [3.63, 3.8) is 0 Å². The van der Waals surface area contributed by atoms with Crippen LogP contribution in [0.1, 0.15) is 24.9 Å². The fraction of sp³-hybridized carbons (Fsp3) is 0.435. The minimum absolute atomic E-state index is 0.0974. The zero-order chi connectivity index (χ0) is 24.9. The van der Waals surface area contributed by atoms with Crippen LogP contribution < -0.4 is 4.74 Å². The number of benzene rings is 1. The summed E-state index contributed by atoms with van der Waals surface area (Å²) in [4.78, 5) is 15.7. The molecule has 0 saturated carbocycles. The number of rotatable bonds is 9. The number of hydrogen-bond donors (Lipinski definition) is 0. The number of hydrogen-bond acceptors (Lipinski definition) is 9. The molecule has 0 aliphatic carbocycles. The van der Waals surface area contributed by atoms with Gasteiger partial charge in [-0.05, 0) is 50.0 Å². The lowest BCUT2D eigenvalue weighted by molar-refractivity contribution is -0.384. The summed E-state index contributed by atoms with van der Waals surface area (Å²) in [5.74, 6) is 1.99. The molecule has 1 aliphatic rings. The van der Waals surface area contributed by atoms with E-state index in [1.54, 1.807) is 35.2 Å². The normalized spacial score (nSPS) is 15.2. The van der Waals surface area contributed by atoms with Gasteiger partial charge >= 0.3 is 0 Å². The smallest absolute Gasteiger partial charge is 0.284 e. The molecule has 0 spiro atoms. The molecule has 35 heavy (non-hydrogen) atoms. The Morgan fingerprint density at radius 2 is 2.03 bits per heavy atom. The molecule has 1 fully saturated rings. The highest BCUT2D eigenvalue weighted by molar-refractivity contribution is 7.71. The fourth-order valence-corrected chi connectivity index (χ4v) is 4.14.